The lowest BCUT2D eigenvalue weighted by Crippen LogP contribution is -2.18. The Morgan fingerprint density at radius 3 is 2.68 bits per heavy atom. The summed E-state index contributed by atoms with van der Waals surface area (Å²) < 4.78 is 22.1. The van der Waals surface area contributed by atoms with Gasteiger partial charge in [-0.3, -0.25) is 0 Å². The van der Waals surface area contributed by atoms with Crippen LogP contribution in [0.4, 0.5) is 5.69 Å². The molecule has 1 aliphatic rings. The normalized spacial score (nSPS) is 16.3. The molecule has 1 heterocycles. The highest BCUT2D eigenvalue weighted by molar-refractivity contribution is 5.62. The Labute approximate surface area is 113 Å². The molecular weight excluding hydrogens is 246 g/mol. The van der Waals surface area contributed by atoms with Crippen molar-refractivity contribution in [1.29, 1.82) is 0 Å². The van der Waals surface area contributed by atoms with Crippen LogP contribution in [0, 0.1) is 0 Å². The number of ether oxygens (including phenoxy) is 4. The zero-order valence-electron chi connectivity index (χ0n) is 11.5. The minimum absolute atomic E-state index is 0.370. The van der Waals surface area contributed by atoms with Crippen LogP contribution in [0.3, 0.4) is 0 Å². The SMILES string of the molecule is CCCOc1c(N)cc(C2OCCCO2)cc1OC. The molecule has 1 aromatic carbocycles. The molecule has 0 aliphatic carbocycles. The second kappa shape index (κ2) is 6.63. The summed E-state index contributed by atoms with van der Waals surface area (Å²) in [5.74, 6) is 1.20. The Bertz CT molecular complexity index is 416. The van der Waals surface area contributed by atoms with Crippen LogP contribution in [-0.4, -0.2) is 26.9 Å². The van der Waals surface area contributed by atoms with E-state index in [0.717, 1.165) is 18.4 Å². The molecular formula is C14H21NO4. The lowest BCUT2D eigenvalue weighted by molar-refractivity contribution is -0.183. The molecule has 0 atom stereocenters. The monoisotopic (exact) mass is 267 g/mol. The van der Waals surface area contributed by atoms with Crippen molar-refractivity contribution < 1.29 is 18.9 Å². The maximum atomic E-state index is 6.03. The van der Waals surface area contributed by atoms with Gasteiger partial charge in [0.15, 0.2) is 17.8 Å². The fraction of sp³-hybridized carbons (Fsp3) is 0.571. The molecule has 2 rings (SSSR count). The summed E-state index contributed by atoms with van der Waals surface area (Å²) in [5.41, 5.74) is 7.43. The van der Waals surface area contributed by atoms with Crippen molar-refractivity contribution in [3.8, 4) is 11.5 Å². The molecule has 1 aromatic rings. The van der Waals surface area contributed by atoms with Crippen LogP contribution in [-0.2, 0) is 9.47 Å². The Morgan fingerprint density at radius 2 is 2.05 bits per heavy atom. The van der Waals surface area contributed by atoms with Crippen molar-refractivity contribution in [2.24, 2.45) is 0 Å². The third-order valence-corrected chi connectivity index (χ3v) is 2.88. The molecule has 5 heteroatoms. The molecule has 1 saturated heterocycles. The van der Waals surface area contributed by atoms with Crippen LogP contribution in [0.25, 0.3) is 0 Å². The molecule has 0 spiro atoms. The second-order valence-electron chi connectivity index (χ2n) is 4.42. The molecule has 5 nitrogen and oxygen atoms in total. The zero-order valence-corrected chi connectivity index (χ0v) is 11.5. The number of rotatable bonds is 5. The van der Waals surface area contributed by atoms with Gasteiger partial charge >= 0.3 is 0 Å². The van der Waals surface area contributed by atoms with Gasteiger partial charge in [0.25, 0.3) is 0 Å². The number of nitrogens with two attached hydrogens (primary N) is 1. The molecule has 0 bridgehead atoms. The number of nitrogen functional groups attached to an aromatic ring is 1. The van der Waals surface area contributed by atoms with Crippen molar-refractivity contribution in [2.75, 3.05) is 32.7 Å². The summed E-state index contributed by atoms with van der Waals surface area (Å²) in [5, 5.41) is 0. The van der Waals surface area contributed by atoms with E-state index in [9.17, 15) is 0 Å². The first-order chi connectivity index (χ1) is 9.26. The molecule has 19 heavy (non-hydrogen) atoms. The standard InChI is InChI=1S/C14H21NO4/c1-3-5-17-13-11(15)8-10(9-12(13)16-2)14-18-6-4-7-19-14/h8-9,14H,3-7,15H2,1-2H3. The Hall–Kier alpha value is -1.46. The molecule has 1 aliphatic heterocycles. The lowest BCUT2D eigenvalue weighted by atomic mass is 10.1. The van der Waals surface area contributed by atoms with Crippen LogP contribution >= 0.6 is 0 Å². The Kier molecular flexibility index (Phi) is 4.87. The van der Waals surface area contributed by atoms with E-state index >= 15 is 0 Å². The summed E-state index contributed by atoms with van der Waals surface area (Å²) in [6.07, 6.45) is 1.46. The highest BCUT2D eigenvalue weighted by Gasteiger charge is 2.20. The maximum absolute atomic E-state index is 6.03. The molecule has 106 valence electrons. The average molecular weight is 267 g/mol. The summed E-state index contributed by atoms with van der Waals surface area (Å²) >= 11 is 0. The predicted molar refractivity (Wildman–Crippen MR) is 72.5 cm³/mol. The van der Waals surface area contributed by atoms with Gasteiger partial charge in [-0.25, -0.2) is 0 Å². The fourth-order valence-electron chi connectivity index (χ4n) is 1.97. The summed E-state index contributed by atoms with van der Waals surface area (Å²) in [6, 6.07) is 3.68. The molecule has 2 N–H and O–H groups in total. The van der Waals surface area contributed by atoms with E-state index in [-0.39, 0.29) is 6.29 Å². The highest BCUT2D eigenvalue weighted by Crippen LogP contribution is 2.38. The van der Waals surface area contributed by atoms with Crippen LogP contribution in [0.2, 0.25) is 0 Å². The number of anilines is 1. The van der Waals surface area contributed by atoms with E-state index in [2.05, 4.69) is 0 Å². The van der Waals surface area contributed by atoms with Crippen molar-refractivity contribution >= 4 is 5.69 Å². The minimum atomic E-state index is -0.370. The topological polar surface area (TPSA) is 62.9 Å². The number of hydrogen-bond acceptors (Lipinski definition) is 5. The first-order valence-electron chi connectivity index (χ1n) is 6.59. The van der Waals surface area contributed by atoms with Crippen LogP contribution in [0.1, 0.15) is 31.6 Å². The van der Waals surface area contributed by atoms with Gasteiger partial charge in [-0.05, 0) is 25.0 Å². The van der Waals surface area contributed by atoms with Gasteiger partial charge in [0.2, 0.25) is 0 Å². The smallest absolute Gasteiger partial charge is 0.184 e. The number of methoxy groups -OCH3 is 1. The van der Waals surface area contributed by atoms with Gasteiger partial charge in [-0.15, -0.1) is 0 Å². The molecule has 0 unspecified atom stereocenters. The highest BCUT2D eigenvalue weighted by atomic mass is 16.7. The minimum Gasteiger partial charge on any atom is -0.493 e. The van der Waals surface area contributed by atoms with E-state index in [0.29, 0.717) is 37.0 Å². The Balaban J connectivity index is 2.24. The van der Waals surface area contributed by atoms with Crippen LogP contribution in [0.15, 0.2) is 12.1 Å². The van der Waals surface area contributed by atoms with E-state index in [4.69, 9.17) is 24.7 Å². The Morgan fingerprint density at radius 1 is 1.32 bits per heavy atom. The van der Waals surface area contributed by atoms with Gasteiger partial charge < -0.3 is 24.7 Å². The van der Waals surface area contributed by atoms with Crippen molar-refractivity contribution in [2.45, 2.75) is 26.1 Å². The van der Waals surface area contributed by atoms with E-state index in [1.54, 1.807) is 7.11 Å². The molecule has 0 amide bonds. The first-order valence-corrected chi connectivity index (χ1v) is 6.59. The fourth-order valence-corrected chi connectivity index (χ4v) is 1.97. The summed E-state index contributed by atoms with van der Waals surface area (Å²) in [7, 11) is 1.60. The first kappa shape index (κ1) is 14.0. The maximum Gasteiger partial charge on any atom is 0.184 e. The van der Waals surface area contributed by atoms with E-state index in [1.807, 2.05) is 19.1 Å². The molecule has 1 fully saturated rings. The zero-order chi connectivity index (χ0) is 13.7. The summed E-state index contributed by atoms with van der Waals surface area (Å²) in [4.78, 5) is 0. The average Bonchev–Trinajstić information content (AvgIpc) is 2.46. The quantitative estimate of drug-likeness (QED) is 0.830. The van der Waals surface area contributed by atoms with Crippen LogP contribution in [0.5, 0.6) is 11.5 Å². The van der Waals surface area contributed by atoms with Gasteiger partial charge in [0, 0.05) is 5.56 Å². The van der Waals surface area contributed by atoms with Crippen molar-refractivity contribution in [1.82, 2.24) is 0 Å². The van der Waals surface area contributed by atoms with Crippen molar-refractivity contribution in [3.63, 3.8) is 0 Å². The lowest BCUT2D eigenvalue weighted by Gasteiger charge is -2.24. The van der Waals surface area contributed by atoms with Crippen molar-refractivity contribution in [3.05, 3.63) is 17.7 Å². The number of benzene rings is 1. The molecule has 0 saturated carbocycles. The van der Waals surface area contributed by atoms with Gasteiger partial charge in [0.1, 0.15) is 0 Å². The summed E-state index contributed by atoms with van der Waals surface area (Å²) in [6.45, 7) is 4.04. The third-order valence-electron chi connectivity index (χ3n) is 2.88. The third kappa shape index (κ3) is 3.30. The van der Waals surface area contributed by atoms with E-state index < -0.39 is 0 Å². The van der Waals surface area contributed by atoms with Crippen LogP contribution < -0.4 is 15.2 Å². The van der Waals surface area contributed by atoms with Gasteiger partial charge in [-0.1, -0.05) is 6.92 Å². The second-order valence-corrected chi connectivity index (χ2v) is 4.42. The molecule has 0 aromatic heterocycles. The van der Waals surface area contributed by atoms with E-state index in [1.165, 1.54) is 0 Å². The number of hydrogen-bond donors (Lipinski definition) is 1. The molecule has 0 radical (unpaired) electrons. The van der Waals surface area contributed by atoms with Gasteiger partial charge in [-0.2, -0.15) is 0 Å². The largest absolute Gasteiger partial charge is 0.493 e. The predicted octanol–water partition coefficient (Wildman–Crippen LogP) is 2.50. The van der Waals surface area contributed by atoms with Gasteiger partial charge in [0.05, 0.1) is 32.6 Å².